The highest BCUT2D eigenvalue weighted by molar-refractivity contribution is 6.00. The molecule has 146 valence electrons. The third kappa shape index (κ3) is 4.08. The zero-order chi connectivity index (χ0) is 19.3. The van der Waals surface area contributed by atoms with E-state index in [4.69, 9.17) is 0 Å². The molecule has 0 aliphatic carbocycles. The molecule has 2 heterocycles. The van der Waals surface area contributed by atoms with Gasteiger partial charge in [0.2, 0.25) is 0 Å². The van der Waals surface area contributed by atoms with Crippen LogP contribution in [0.1, 0.15) is 31.2 Å². The van der Waals surface area contributed by atoms with Crippen LogP contribution >= 0.6 is 0 Å². The normalized spacial score (nSPS) is 14.7. The molecule has 2 aromatic carbocycles. The number of nitrogens with zero attached hydrogens (tertiary/aromatic N) is 2. The number of nitrogens with one attached hydrogen (secondary N) is 3. The molecule has 1 aliphatic heterocycles. The fourth-order valence-corrected chi connectivity index (χ4v) is 3.65. The quantitative estimate of drug-likeness (QED) is 0.627. The molecule has 3 N–H and O–H groups in total. The second-order valence-electron chi connectivity index (χ2n) is 7.13. The number of hydrogen-bond acceptors (Lipinski definition) is 3. The van der Waals surface area contributed by atoms with Crippen molar-refractivity contribution in [3.63, 3.8) is 0 Å². The van der Waals surface area contributed by atoms with Crippen molar-refractivity contribution in [2.24, 2.45) is 0 Å². The molecule has 6 nitrogen and oxygen atoms in total. The molecule has 0 radical (unpaired) electrons. The third-order valence-corrected chi connectivity index (χ3v) is 5.14. The summed E-state index contributed by atoms with van der Waals surface area (Å²) in [5.41, 5.74) is 2.91. The van der Waals surface area contributed by atoms with Gasteiger partial charge in [0.05, 0.1) is 23.1 Å². The maximum atomic E-state index is 14.6. The number of halogens is 1. The fourth-order valence-electron chi connectivity index (χ4n) is 3.65. The van der Waals surface area contributed by atoms with Gasteiger partial charge < -0.3 is 15.5 Å². The van der Waals surface area contributed by atoms with Crippen LogP contribution in [0.25, 0.3) is 10.9 Å². The zero-order valence-electron chi connectivity index (χ0n) is 15.7. The van der Waals surface area contributed by atoms with Gasteiger partial charge in [-0.3, -0.25) is 5.10 Å². The summed E-state index contributed by atoms with van der Waals surface area (Å²) >= 11 is 0. The molecule has 3 aromatic rings. The maximum Gasteiger partial charge on any atom is 0.319 e. The van der Waals surface area contributed by atoms with E-state index in [0.29, 0.717) is 11.4 Å². The molecule has 2 amide bonds. The van der Waals surface area contributed by atoms with Gasteiger partial charge in [0.1, 0.15) is 5.82 Å². The van der Waals surface area contributed by atoms with E-state index in [-0.39, 0.29) is 18.4 Å². The summed E-state index contributed by atoms with van der Waals surface area (Å²) in [6.07, 6.45) is 6.30. The number of anilines is 2. The number of amides is 2. The summed E-state index contributed by atoms with van der Waals surface area (Å²) < 4.78 is 14.6. The predicted octanol–water partition coefficient (Wildman–Crippen LogP) is 4.40. The van der Waals surface area contributed by atoms with Crippen molar-refractivity contribution in [1.29, 1.82) is 0 Å². The van der Waals surface area contributed by atoms with Crippen LogP contribution in [0.3, 0.4) is 0 Å². The molecule has 4 rings (SSSR count). The molecule has 0 bridgehead atoms. The first-order valence-electron chi connectivity index (χ1n) is 9.71. The highest BCUT2D eigenvalue weighted by atomic mass is 19.1. The Balaban J connectivity index is 1.37. The molecule has 0 atom stereocenters. The van der Waals surface area contributed by atoms with E-state index in [9.17, 15) is 9.18 Å². The molecular weight excluding hydrogens is 357 g/mol. The minimum absolute atomic E-state index is 0.232. The van der Waals surface area contributed by atoms with Crippen molar-refractivity contribution in [3.05, 3.63) is 54.0 Å². The molecule has 0 spiro atoms. The van der Waals surface area contributed by atoms with Crippen LogP contribution in [0.15, 0.2) is 42.6 Å². The zero-order valence-corrected chi connectivity index (χ0v) is 15.7. The van der Waals surface area contributed by atoms with E-state index in [1.807, 2.05) is 30.3 Å². The van der Waals surface area contributed by atoms with Gasteiger partial charge in [-0.1, -0.05) is 25.0 Å². The predicted molar refractivity (Wildman–Crippen MR) is 109 cm³/mol. The Kier molecular flexibility index (Phi) is 5.41. The van der Waals surface area contributed by atoms with Gasteiger partial charge in [-0.2, -0.15) is 5.10 Å². The van der Waals surface area contributed by atoms with Crippen LogP contribution < -0.4 is 15.5 Å². The highest BCUT2D eigenvalue weighted by Crippen LogP contribution is 2.24. The Morgan fingerprint density at radius 2 is 1.96 bits per heavy atom. The second-order valence-corrected chi connectivity index (χ2v) is 7.13. The van der Waals surface area contributed by atoms with Crippen LogP contribution in [0, 0.1) is 5.82 Å². The number of hydrogen-bond donors (Lipinski definition) is 3. The van der Waals surface area contributed by atoms with Gasteiger partial charge in [0, 0.05) is 25.0 Å². The van der Waals surface area contributed by atoms with Gasteiger partial charge >= 0.3 is 6.03 Å². The molecule has 0 unspecified atom stereocenters. The summed E-state index contributed by atoms with van der Waals surface area (Å²) in [5, 5.41) is 13.3. The third-order valence-electron chi connectivity index (χ3n) is 5.14. The number of carbonyl (C=O) groups is 1. The first kappa shape index (κ1) is 18.3. The maximum absolute atomic E-state index is 14.6. The van der Waals surface area contributed by atoms with E-state index in [2.05, 4.69) is 25.7 Å². The van der Waals surface area contributed by atoms with Crippen LogP contribution in [-0.4, -0.2) is 29.3 Å². The highest BCUT2D eigenvalue weighted by Gasteiger charge is 2.14. The lowest BCUT2D eigenvalue weighted by atomic mass is 10.1. The van der Waals surface area contributed by atoms with Crippen molar-refractivity contribution in [2.45, 2.75) is 32.2 Å². The van der Waals surface area contributed by atoms with Crippen LogP contribution in [-0.2, 0) is 6.54 Å². The van der Waals surface area contributed by atoms with Crippen molar-refractivity contribution >= 4 is 28.3 Å². The van der Waals surface area contributed by atoms with Gasteiger partial charge in [0.25, 0.3) is 0 Å². The van der Waals surface area contributed by atoms with Crippen molar-refractivity contribution in [2.75, 3.05) is 23.3 Å². The molecule has 1 fully saturated rings. The molecule has 28 heavy (non-hydrogen) atoms. The molecule has 1 saturated heterocycles. The first-order chi connectivity index (χ1) is 13.7. The van der Waals surface area contributed by atoms with Gasteiger partial charge in [-0.15, -0.1) is 0 Å². The number of aromatic nitrogens is 2. The monoisotopic (exact) mass is 381 g/mol. The first-order valence-corrected chi connectivity index (χ1v) is 9.71. The average molecular weight is 381 g/mol. The van der Waals surface area contributed by atoms with Crippen molar-refractivity contribution in [3.8, 4) is 0 Å². The Morgan fingerprint density at radius 1 is 1.14 bits per heavy atom. The number of carbonyl (C=O) groups excluding carboxylic acids is 1. The summed E-state index contributed by atoms with van der Waals surface area (Å²) in [7, 11) is 0. The van der Waals surface area contributed by atoms with Crippen molar-refractivity contribution < 1.29 is 9.18 Å². The Morgan fingerprint density at radius 3 is 2.75 bits per heavy atom. The van der Waals surface area contributed by atoms with Crippen molar-refractivity contribution in [1.82, 2.24) is 15.5 Å². The number of rotatable bonds is 4. The topological polar surface area (TPSA) is 73.1 Å². The van der Waals surface area contributed by atoms with Gasteiger partial charge in [-0.05, 0) is 42.7 Å². The molecule has 1 aromatic heterocycles. The lowest BCUT2D eigenvalue weighted by Crippen LogP contribution is -2.28. The van der Waals surface area contributed by atoms with E-state index in [1.54, 1.807) is 6.20 Å². The number of benzene rings is 2. The SMILES string of the molecule is O=C(NCc1ccc(N2CCCCCC2)c(F)c1)Nc1cccc2[nH]ncc12. The van der Waals surface area contributed by atoms with Gasteiger partial charge in [0.15, 0.2) is 0 Å². The lowest BCUT2D eigenvalue weighted by molar-refractivity contribution is 0.251. The minimum atomic E-state index is -0.342. The Bertz CT molecular complexity index is 962. The van der Waals surface area contributed by atoms with Crippen LogP contribution in [0.5, 0.6) is 0 Å². The number of urea groups is 1. The van der Waals surface area contributed by atoms with Crippen LogP contribution in [0.2, 0.25) is 0 Å². The summed E-state index contributed by atoms with van der Waals surface area (Å²) in [4.78, 5) is 14.4. The summed E-state index contributed by atoms with van der Waals surface area (Å²) in [6.45, 7) is 2.05. The second kappa shape index (κ2) is 8.29. The standard InChI is InChI=1S/C21H24FN5O/c22-17-12-15(8-9-20(17)27-10-3-1-2-4-11-27)13-23-21(28)25-18-6-5-7-19-16(18)14-24-26-19/h5-9,12,14H,1-4,10-11,13H2,(H,24,26)(H2,23,25,28). The van der Waals surface area contributed by atoms with E-state index < -0.39 is 0 Å². The molecule has 1 aliphatic rings. The number of aromatic amines is 1. The van der Waals surface area contributed by atoms with E-state index in [1.165, 1.54) is 18.9 Å². The minimum Gasteiger partial charge on any atom is -0.369 e. The Labute approximate surface area is 163 Å². The van der Waals surface area contributed by atoms with Gasteiger partial charge in [-0.25, -0.2) is 9.18 Å². The van der Waals surface area contributed by atoms with E-state index >= 15 is 0 Å². The molecular formula is C21H24FN5O. The Hall–Kier alpha value is -3.09. The smallest absolute Gasteiger partial charge is 0.319 e. The molecule has 0 saturated carbocycles. The van der Waals surface area contributed by atoms with E-state index in [0.717, 1.165) is 42.4 Å². The largest absolute Gasteiger partial charge is 0.369 e. The summed E-state index contributed by atoms with van der Waals surface area (Å²) in [5.74, 6) is -0.232. The van der Waals surface area contributed by atoms with Crippen LogP contribution in [0.4, 0.5) is 20.6 Å². The molecule has 7 heteroatoms. The lowest BCUT2D eigenvalue weighted by Gasteiger charge is -2.23. The average Bonchev–Trinajstić information content (AvgIpc) is 3.02. The fraction of sp³-hybridized carbons (Fsp3) is 0.333. The summed E-state index contributed by atoms with van der Waals surface area (Å²) in [6, 6.07) is 10.4. The number of fused-ring (bicyclic) bond motifs is 1. The number of H-pyrrole nitrogens is 1.